The normalized spacial score (nSPS) is 12.1. The summed E-state index contributed by atoms with van der Waals surface area (Å²) in [6.07, 6.45) is 0. The Kier molecular flexibility index (Phi) is 3.04. The van der Waals surface area contributed by atoms with Crippen LogP contribution < -0.4 is 0 Å². The molecule has 0 aliphatic carbocycles. The number of hydrogen-bond donors (Lipinski definition) is 1. The third-order valence-electron chi connectivity index (χ3n) is 2.31. The van der Waals surface area contributed by atoms with Gasteiger partial charge in [-0.2, -0.15) is 0 Å². The molecule has 1 atom stereocenters. The molecule has 0 saturated heterocycles. The summed E-state index contributed by atoms with van der Waals surface area (Å²) in [4.78, 5) is 20.9. The average molecular weight is 209 g/mol. The van der Waals surface area contributed by atoms with E-state index in [2.05, 4.69) is 0 Å². The molecule has 0 radical (unpaired) electrons. The fourth-order valence-corrected chi connectivity index (χ4v) is 1.19. The van der Waals surface area contributed by atoms with Crippen molar-refractivity contribution in [2.75, 3.05) is 0 Å². The number of ketones is 1. The van der Waals surface area contributed by atoms with Crippen LogP contribution in [0.25, 0.3) is 0 Å². The molecule has 0 spiro atoms. The summed E-state index contributed by atoms with van der Waals surface area (Å²) in [5.74, 6) is -0.862. The first kappa shape index (κ1) is 11.2. The predicted molar refractivity (Wildman–Crippen MR) is 53.9 cm³/mol. The van der Waals surface area contributed by atoms with Gasteiger partial charge in [-0.1, -0.05) is 13.0 Å². The Labute approximate surface area is 86.5 Å². The quantitative estimate of drug-likeness (QED) is 0.609. The summed E-state index contributed by atoms with van der Waals surface area (Å²) in [6, 6.07) is 3.96. The van der Waals surface area contributed by atoms with Gasteiger partial charge >= 0.3 is 5.69 Å². The molecule has 0 bridgehead atoms. The van der Waals surface area contributed by atoms with Crippen LogP contribution in [-0.4, -0.2) is 15.8 Å². The maximum absolute atomic E-state index is 11.1. The van der Waals surface area contributed by atoms with E-state index in [1.807, 2.05) is 0 Å². The number of carbonyl (C=O) groups excluding carboxylic acids is 1. The predicted octanol–water partition coefficient (Wildman–Crippen LogP) is 1.99. The Bertz CT molecular complexity index is 414. The van der Waals surface area contributed by atoms with Crippen LogP contribution in [0.5, 0.6) is 5.75 Å². The number of Topliss-reactive ketones (excluding diaryl/α,β-unsaturated/α-hetero) is 1. The SMILES string of the molecule is CC(=O)C(C)c1ccc(O)c([N+](=O)[O-])c1. The lowest BCUT2D eigenvalue weighted by Gasteiger charge is -2.07. The maximum atomic E-state index is 11.1. The van der Waals surface area contributed by atoms with E-state index < -0.39 is 10.8 Å². The Hall–Kier alpha value is -1.91. The number of nitro groups is 1. The van der Waals surface area contributed by atoms with Gasteiger partial charge in [-0.15, -0.1) is 0 Å². The molecule has 0 aromatic heterocycles. The van der Waals surface area contributed by atoms with Crippen LogP contribution >= 0.6 is 0 Å². The van der Waals surface area contributed by atoms with Crippen LogP contribution in [-0.2, 0) is 4.79 Å². The summed E-state index contributed by atoms with van der Waals surface area (Å²) in [7, 11) is 0. The fourth-order valence-electron chi connectivity index (χ4n) is 1.19. The van der Waals surface area contributed by atoms with E-state index in [1.54, 1.807) is 6.92 Å². The van der Waals surface area contributed by atoms with Crippen LogP contribution in [0.2, 0.25) is 0 Å². The maximum Gasteiger partial charge on any atom is 0.310 e. The summed E-state index contributed by atoms with van der Waals surface area (Å²) in [5, 5.41) is 19.7. The van der Waals surface area contributed by atoms with Crippen molar-refractivity contribution < 1.29 is 14.8 Å². The molecule has 5 heteroatoms. The lowest BCUT2D eigenvalue weighted by atomic mass is 9.97. The van der Waals surface area contributed by atoms with Gasteiger partial charge in [0.05, 0.1) is 4.92 Å². The molecule has 1 aromatic rings. The number of hydrogen-bond acceptors (Lipinski definition) is 4. The Morgan fingerprint density at radius 2 is 2.13 bits per heavy atom. The van der Waals surface area contributed by atoms with Crippen molar-refractivity contribution in [1.29, 1.82) is 0 Å². The Morgan fingerprint density at radius 3 is 2.60 bits per heavy atom. The molecule has 0 saturated carbocycles. The summed E-state index contributed by atoms with van der Waals surface area (Å²) in [5.41, 5.74) is 0.160. The van der Waals surface area contributed by atoms with Crippen LogP contribution in [0.4, 0.5) is 5.69 Å². The minimum absolute atomic E-state index is 0.0741. The first-order valence-electron chi connectivity index (χ1n) is 4.41. The molecular weight excluding hydrogens is 198 g/mol. The zero-order chi connectivity index (χ0) is 11.6. The van der Waals surface area contributed by atoms with Gasteiger partial charge in [0, 0.05) is 12.0 Å². The van der Waals surface area contributed by atoms with Crippen molar-refractivity contribution in [2.24, 2.45) is 0 Å². The van der Waals surface area contributed by atoms with Crippen LogP contribution in [0.15, 0.2) is 18.2 Å². The van der Waals surface area contributed by atoms with Crippen molar-refractivity contribution in [3.63, 3.8) is 0 Å². The lowest BCUT2D eigenvalue weighted by molar-refractivity contribution is -0.385. The number of nitrogens with zero attached hydrogens (tertiary/aromatic N) is 1. The molecule has 0 aliphatic heterocycles. The standard InChI is InChI=1S/C10H11NO4/c1-6(7(2)12)8-3-4-10(13)9(5-8)11(14)15/h3-6,13H,1-2H3. The minimum atomic E-state index is -0.675. The number of phenols is 1. The van der Waals surface area contributed by atoms with E-state index in [0.717, 1.165) is 0 Å². The number of nitro benzene ring substituents is 1. The molecule has 0 aliphatic rings. The number of aromatic hydroxyl groups is 1. The van der Waals surface area contributed by atoms with E-state index in [4.69, 9.17) is 0 Å². The van der Waals surface area contributed by atoms with Crippen molar-refractivity contribution in [2.45, 2.75) is 19.8 Å². The van der Waals surface area contributed by atoms with Crippen LogP contribution in [0.3, 0.4) is 0 Å². The molecule has 1 rings (SSSR count). The second-order valence-corrected chi connectivity index (χ2v) is 3.34. The summed E-state index contributed by atoms with van der Waals surface area (Å²) >= 11 is 0. The smallest absolute Gasteiger partial charge is 0.310 e. The second-order valence-electron chi connectivity index (χ2n) is 3.34. The van der Waals surface area contributed by atoms with E-state index in [-0.39, 0.29) is 17.2 Å². The number of rotatable bonds is 3. The van der Waals surface area contributed by atoms with E-state index >= 15 is 0 Å². The lowest BCUT2D eigenvalue weighted by Crippen LogP contribution is -2.04. The van der Waals surface area contributed by atoms with Crippen molar-refractivity contribution in [3.8, 4) is 5.75 Å². The highest BCUT2D eigenvalue weighted by atomic mass is 16.6. The first-order chi connectivity index (χ1) is 6.93. The van der Waals surface area contributed by atoms with E-state index in [0.29, 0.717) is 5.56 Å². The highest BCUT2D eigenvalue weighted by Gasteiger charge is 2.18. The van der Waals surface area contributed by atoms with Crippen molar-refractivity contribution in [3.05, 3.63) is 33.9 Å². The summed E-state index contributed by atoms with van der Waals surface area (Å²) < 4.78 is 0. The molecule has 5 nitrogen and oxygen atoms in total. The van der Waals surface area contributed by atoms with E-state index in [9.17, 15) is 20.0 Å². The summed E-state index contributed by atoms with van der Waals surface area (Å²) in [6.45, 7) is 3.09. The number of carbonyl (C=O) groups is 1. The van der Waals surface area contributed by atoms with E-state index in [1.165, 1.54) is 25.1 Å². The first-order valence-corrected chi connectivity index (χ1v) is 4.41. The van der Waals surface area contributed by atoms with Gasteiger partial charge in [0.25, 0.3) is 0 Å². The average Bonchev–Trinajstić information content (AvgIpc) is 2.16. The topological polar surface area (TPSA) is 80.4 Å². The molecule has 0 amide bonds. The Balaban J connectivity index is 3.18. The van der Waals surface area contributed by atoms with Gasteiger partial charge in [0.15, 0.2) is 5.75 Å². The third-order valence-corrected chi connectivity index (χ3v) is 2.31. The number of benzene rings is 1. The highest BCUT2D eigenvalue weighted by molar-refractivity contribution is 5.83. The molecule has 0 fully saturated rings. The molecule has 0 heterocycles. The number of phenolic OH excluding ortho intramolecular Hbond substituents is 1. The van der Waals surface area contributed by atoms with Gasteiger partial charge in [-0.05, 0) is 18.6 Å². The molecule has 80 valence electrons. The largest absolute Gasteiger partial charge is 0.502 e. The fraction of sp³-hybridized carbons (Fsp3) is 0.300. The van der Waals surface area contributed by atoms with Crippen LogP contribution in [0.1, 0.15) is 25.3 Å². The second kappa shape index (κ2) is 4.08. The molecule has 1 N–H and O–H groups in total. The van der Waals surface area contributed by atoms with Crippen molar-refractivity contribution in [1.82, 2.24) is 0 Å². The monoisotopic (exact) mass is 209 g/mol. The Morgan fingerprint density at radius 1 is 1.53 bits per heavy atom. The minimum Gasteiger partial charge on any atom is -0.502 e. The zero-order valence-corrected chi connectivity index (χ0v) is 8.43. The molecule has 1 aromatic carbocycles. The van der Waals surface area contributed by atoms with Crippen LogP contribution in [0, 0.1) is 10.1 Å². The van der Waals surface area contributed by atoms with Gasteiger partial charge in [-0.3, -0.25) is 14.9 Å². The van der Waals surface area contributed by atoms with Gasteiger partial charge < -0.3 is 5.11 Å². The van der Waals surface area contributed by atoms with Gasteiger partial charge in [-0.25, -0.2) is 0 Å². The van der Waals surface area contributed by atoms with Gasteiger partial charge in [0.2, 0.25) is 0 Å². The van der Waals surface area contributed by atoms with Gasteiger partial charge in [0.1, 0.15) is 5.78 Å². The van der Waals surface area contributed by atoms with Crippen molar-refractivity contribution >= 4 is 11.5 Å². The molecule has 1 unspecified atom stereocenters. The molecule has 15 heavy (non-hydrogen) atoms. The highest BCUT2D eigenvalue weighted by Crippen LogP contribution is 2.29. The molecular formula is C10H11NO4. The zero-order valence-electron chi connectivity index (χ0n) is 8.43. The third kappa shape index (κ3) is 2.31.